The molecule has 4 rings (SSSR count). The van der Waals surface area contributed by atoms with Crippen molar-refractivity contribution in [2.45, 2.75) is 48.4 Å². The van der Waals surface area contributed by atoms with Crippen molar-refractivity contribution in [2.75, 3.05) is 18.4 Å². The number of aromatic nitrogens is 2. The fourth-order valence-corrected chi connectivity index (χ4v) is 6.13. The first kappa shape index (κ1) is 23.5. The number of thioether (sulfide) groups is 1. The van der Waals surface area contributed by atoms with Gasteiger partial charge in [0.15, 0.2) is 5.16 Å². The third-order valence-corrected chi connectivity index (χ3v) is 8.56. The number of benzene rings is 2. The molecule has 174 valence electrons. The van der Waals surface area contributed by atoms with Crippen LogP contribution < -0.4 is 5.32 Å². The number of amides is 1. The molecule has 1 atom stereocenters. The Bertz CT molecular complexity index is 1200. The lowest BCUT2D eigenvalue weighted by Gasteiger charge is -2.16. The van der Waals surface area contributed by atoms with E-state index < -0.39 is 10.0 Å². The maximum Gasteiger partial charge on any atom is 0.243 e. The van der Waals surface area contributed by atoms with Gasteiger partial charge in [0.1, 0.15) is 0 Å². The monoisotopic (exact) mass is 484 g/mol. The molecule has 0 saturated carbocycles. The SMILES string of the molecule is Cc1[nH]c(S[C@H](C)C(=O)Nc2ccc(S(=O)(=O)N3CCCC3)cc2)nc1Cc1ccccc1. The molecule has 0 aliphatic carbocycles. The Balaban J connectivity index is 1.35. The number of hydrogen-bond donors (Lipinski definition) is 2. The van der Waals surface area contributed by atoms with Crippen molar-refractivity contribution in [3.8, 4) is 0 Å². The van der Waals surface area contributed by atoms with Crippen LogP contribution in [-0.4, -0.2) is 46.9 Å². The number of aromatic amines is 1. The van der Waals surface area contributed by atoms with Crippen LogP contribution in [0, 0.1) is 6.92 Å². The molecule has 0 bridgehead atoms. The van der Waals surface area contributed by atoms with E-state index in [0.29, 0.717) is 23.9 Å². The summed E-state index contributed by atoms with van der Waals surface area (Å²) in [6.45, 7) is 4.93. The summed E-state index contributed by atoms with van der Waals surface area (Å²) in [5.41, 5.74) is 3.70. The van der Waals surface area contributed by atoms with Crippen LogP contribution in [0.3, 0.4) is 0 Å². The molecule has 1 fully saturated rings. The maximum absolute atomic E-state index is 12.7. The van der Waals surface area contributed by atoms with E-state index in [-0.39, 0.29) is 16.1 Å². The molecule has 3 aromatic rings. The first-order valence-corrected chi connectivity index (χ1v) is 13.3. The molecular weight excluding hydrogens is 456 g/mol. The number of aryl methyl sites for hydroxylation is 1. The van der Waals surface area contributed by atoms with Crippen molar-refractivity contribution < 1.29 is 13.2 Å². The van der Waals surface area contributed by atoms with Crippen LogP contribution in [0.1, 0.15) is 36.7 Å². The second-order valence-corrected chi connectivity index (χ2v) is 11.4. The minimum Gasteiger partial charge on any atom is -0.337 e. The molecule has 0 spiro atoms. The van der Waals surface area contributed by atoms with E-state index >= 15 is 0 Å². The summed E-state index contributed by atoms with van der Waals surface area (Å²) in [7, 11) is -3.46. The number of nitrogens with one attached hydrogen (secondary N) is 2. The van der Waals surface area contributed by atoms with Crippen molar-refractivity contribution >= 4 is 33.4 Å². The normalized spacial score (nSPS) is 15.5. The van der Waals surface area contributed by atoms with Crippen LogP contribution in [0.25, 0.3) is 0 Å². The van der Waals surface area contributed by atoms with Gasteiger partial charge in [-0.25, -0.2) is 13.4 Å². The molecule has 9 heteroatoms. The molecule has 1 aromatic heterocycles. The minimum atomic E-state index is -3.46. The van der Waals surface area contributed by atoms with Crippen molar-refractivity contribution in [3.05, 3.63) is 71.5 Å². The lowest BCUT2D eigenvalue weighted by atomic mass is 10.1. The van der Waals surface area contributed by atoms with Gasteiger partial charge in [-0.3, -0.25) is 4.79 Å². The predicted molar refractivity (Wildman–Crippen MR) is 131 cm³/mol. The molecule has 33 heavy (non-hydrogen) atoms. The van der Waals surface area contributed by atoms with Crippen LogP contribution >= 0.6 is 11.8 Å². The predicted octanol–water partition coefficient (Wildman–Crippen LogP) is 4.21. The van der Waals surface area contributed by atoms with E-state index in [1.807, 2.05) is 32.0 Å². The van der Waals surface area contributed by atoms with E-state index in [9.17, 15) is 13.2 Å². The summed E-state index contributed by atoms with van der Waals surface area (Å²) in [6.07, 6.45) is 2.52. The quantitative estimate of drug-likeness (QED) is 0.467. The maximum atomic E-state index is 12.7. The highest BCUT2D eigenvalue weighted by molar-refractivity contribution is 8.00. The first-order valence-electron chi connectivity index (χ1n) is 11.0. The Labute approximate surface area is 199 Å². The largest absolute Gasteiger partial charge is 0.337 e. The Morgan fingerprint density at radius 3 is 2.45 bits per heavy atom. The van der Waals surface area contributed by atoms with Gasteiger partial charge < -0.3 is 10.3 Å². The first-order chi connectivity index (χ1) is 15.8. The molecule has 1 amide bonds. The number of nitrogens with zero attached hydrogens (tertiary/aromatic N) is 2. The van der Waals surface area contributed by atoms with Crippen LogP contribution in [0.15, 0.2) is 64.6 Å². The molecule has 2 aromatic carbocycles. The number of imidazole rings is 1. The van der Waals surface area contributed by atoms with E-state index in [1.54, 1.807) is 24.3 Å². The number of hydrogen-bond acceptors (Lipinski definition) is 5. The van der Waals surface area contributed by atoms with Gasteiger partial charge in [-0.2, -0.15) is 4.31 Å². The number of carbonyl (C=O) groups is 1. The van der Waals surface area contributed by atoms with Crippen LogP contribution in [0.2, 0.25) is 0 Å². The van der Waals surface area contributed by atoms with E-state index in [1.165, 1.54) is 21.6 Å². The molecule has 1 aliphatic heterocycles. The number of carbonyl (C=O) groups excluding carboxylic acids is 1. The minimum absolute atomic E-state index is 0.172. The summed E-state index contributed by atoms with van der Waals surface area (Å²) in [6, 6.07) is 16.5. The van der Waals surface area contributed by atoms with Gasteiger partial charge >= 0.3 is 0 Å². The average molecular weight is 485 g/mol. The van der Waals surface area contributed by atoms with Crippen molar-refractivity contribution in [1.82, 2.24) is 14.3 Å². The zero-order valence-corrected chi connectivity index (χ0v) is 20.4. The smallest absolute Gasteiger partial charge is 0.243 e. The van der Waals surface area contributed by atoms with E-state index in [4.69, 9.17) is 0 Å². The highest BCUT2D eigenvalue weighted by atomic mass is 32.2. The number of H-pyrrole nitrogens is 1. The van der Waals surface area contributed by atoms with Gasteiger partial charge in [0, 0.05) is 30.9 Å². The van der Waals surface area contributed by atoms with Crippen molar-refractivity contribution in [1.29, 1.82) is 0 Å². The van der Waals surface area contributed by atoms with Crippen molar-refractivity contribution in [3.63, 3.8) is 0 Å². The van der Waals surface area contributed by atoms with Gasteiger partial charge in [-0.15, -0.1) is 0 Å². The zero-order chi connectivity index (χ0) is 23.4. The summed E-state index contributed by atoms with van der Waals surface area (Å²) in [5.74, 6) is -0.172. The molecule has 1 aliphatic rings. The molecule has 7 nitrogen and oxygen atoms in total. The molecule has 2 heterocycles. The molecule has 1 saturated heterocycles. The standard InChI is InChI=1S/C24H28N4O3S2/c1-17-22(16-19-8-4-3-5-9-19)27-24(25-17)32-18(2)23(29)26-20-10-12-21(13-11-20)33(30,31)28-14-6-7-15-28/h3-5,8-13,18H,6-7,14-16H2,1-2H3,(H,25,27)(H,26,29)/t18-/m1/s1. The average Bonchev–Trinajstić information content (AvgIpc) is 3.46. The Morgan fingerprint density at radius 1 is 1.12 bits per heavy atom. The Morgan fingerprint density at radius 2 is 1.79 bits per heavy atom. The fraction of sp³-hybridized carbons (Fsp3) is 0.333. The molecule has 0 unspecified atom stereocenters. The summed E-state index contributed by atoms with van der Waals surface area (Å²) < 4.78 is 26.8. The highest BCUT2D eigenvalue weighted by Crippen LogP contribution is 2.25. The fourth-order valence-electron chi connectivity index (χ4n) is 3.74. The zero-order valence-electron chi connectivity index (χ0n) is 18.7. The van der Waals surface area contributed by atoms with Crippen molar-refractivity contribution in [2.24, 2.45) is 0 Å². The van der Waals surface area contributed by atoms with Gasteiger partial charge in [-0.1, -0.05) is 42.1 Å². The van der Waals surface area contributed by atoms with Gasteiger partial charge in [0.25, 0.3) is 0 Å². The van der Waals surface area contributed by atoms with E-state index in [2.05, 4.69) is 27.4 Å². The summed E-state index contributed by atoms with van der Waals surface area (Å²) in [5, 5.41) is 3.18. The second-order valence-electron chi connectivity index (χ2n) is 8.16. The summed E-state index contributed by atoms with van der Waals surface area (Å²) in [4.78, 5) is 20.9. The van der Waals surface area contributed by atoms with Gasteiger partial charge in [-0.05, 0) is 56.5 Å². The second kappa shape index (κ2) is 10.1. The Hall–Kier alpha value is -2.62. The van der Waals surface area contributed by atoms with E-state index in [0.717, 1.165) is 30.7 Å². The third kappa shape index (κ3) is 5.66. The number of rotatable bonds is 8. The van der Waals surface area contributed by atoms with Crippen LogP contribution in [-0.2, 0) is 21.2 Å². The highest BCUT2D eigenvalue weighted by Gasteiger charge is 2.27. The lowest BCUT2D eigenvalue weighted by Crippen LogP contribution is -2.27. The lowest BCUT2D eigenvalue weighted by molar-refractivity contribution is -0.115. The van der Waals surface area contributed by atoms with Crippen LogP contribution in [0.5, 0.6) is 0 Å². The third-order valence-electron chi connectivity index (χ3n) is 5.66. The molecular formula is C24H28N4O3S2. The molecule has 0 radical (unpaired) electrons. The number of sulfonamides is 1. The molecule has 2 N–H and O–H groups in total. The van der Waals surface area contributed by atoms with Crippen LogP contribution in [0.4, 0.5) is 5.69 Å². The van der Waals surface area contributed by atoms with Gasteiger partial charge in [0.2, 0.25) is 15.9 Å². The number of anilines is 1. The summed E-state index contributed by atoms with van der Waals surface area (Å²) >= 11 is 1.36. The van der Waals surface area contributed by atoms with Gasteiger partial charge in [0.05, 0.1) is 15.8 Å². The topological polar surface area (TPSA) is 95.2 Å². The Kier molecular flexibility index (Phi) is 7.21.